The van der Waals surface area contributed by atoms with Crippen molar-refractivity contribution in [3.8, 4) is 11.5 Å². The summed E-state index contributed by atoms with van der Waals surface area (Å²) >= 11 is 6.55. The van der Waals surface area contributed by atoms with Gasteiger partial charge in [-0.1, -0.05) is 42.2 Å². The molecule has 10 heteroatoms. The standard InChI is InChI=1S/C24H19FN2O5S2/c1-30-20-11-15(12-21-23(29)27(24(33)34-21)13-16-5-4-10-31-16)8-9-19(20)32-14-22(28)26-18-7-3-2-6-17(18)25/h2-12H,13-14H2,1H3,(H,26,28)/b21-12-. The molecule has 7 nitrogen and oxygen atoms in total. The molecule has 4 rings (SSSR count). The zero-order valence-electron chi connectivity index (χ0n) is 17.9. The number of hydrogen-bond acceptors (Lipinski definition) is 7. The molecule has 1 fully saturated rings. The Labute approximate surface area is 204 Å². The average Bonchev–Trinajstić information content (AvgIpc) is 3.44. The second kappa shape index (κ2) is 10.5. The first-order chi connectivity index (χ1) is 16.4. The zero-order valence-corrected chi connectivity index (χ0v) is 19.6. The summed E-state index contributed by atoms with van der Waals surface area (Å²) in [6, 6.07) is 14.4. The van der Waals surface area contributed by atoms with Gasteiger partial charge in [0.2, 0.25) is 0 Å². The summed E-state index contributed by atoms with van der Waals surface area (Å²) in [5, 5.41) is 2.45. The Kier molecular flexibility index (Phi) is 7.29. The Balaban J connectivity index is 1.42. The number of anilines is 1. The quantitative estimate of drug-likeness (QED) is 0.351. The van der Waals surface area contributed by atoms with E-state index in [0.29, 0.717) is 32.0 Å². The summed E-state index contributed by atoms with van der Waals surface area (Å²) < 4.78 is 30.4. The first-order valence-corrected chi connectivity index (χ1v) is 11.3. The van der Waals surface area contributed by atoms with E-state index in [1.807, 2.05) is 0 Å². The van der Waals surface area contributed by atoms with Crippen molar-refractivity contribution in [3.05, 3.63) is 82.9 Å². The molecule has 1 aliphatic rings. The summed E-state index contributed by atoms with van der Waals surface area (Å²) in [5.74, 6) is 0.0753. The Morgan fingerprint density at radius 3 is 2.76 bits per heavy atom. The van der Waals surface area contributed by atoms with Crippen molar-refractivity contribution in [2.45, 2.75) is 6.54 Å². The van der Waals surface area contributed by atoms with Crippen LogP contribution in [0.15, 0.2) is 70.2 Å². The van der Waals surface area contributed by atoms with Crippen LogP contribution in [0.5, 0.6) is 11.5 Å². The summed E-state index contributed by atoms with van der Waals surface area (Å²) in [4.78, 5) is 26.9. The smallest absolute Gasteiger partial charge is 0.266 e. The molecule has 1 aliphatic heterocycles. The van der Waals surface area contributed by atoms with Crippen molar-refractivity contribution in [3.63, 3.8) is 0 Å². The van der Waals surface area contributed by atoms with Crippen LogP contribution in [-0.2, 0) is 16.1 Å². The van der Waals surface area contributed by atoms with E-state index in [0.717, 1.165) is 0 Å². The predicted octanol–water partition coefficient (Wildman–Crippen LogP) is 4.85. The van der Waals surface area contributed by atoms with Crippen LogP contribution in [0, 0.1) is 5.82 Å². The van der Waals surface area contributed by atoms with E-state index in [2.05, 4.69) is 5.32 Å². The van der Waals surface area contributed by atoms with Gasteiger partial charge in [0.1, 0.15) is 15.9 Å². The van der Waals surface area contributed by atoms with Crippen LogP contribution in [0.3, 0.4) is 0 Å². The summed E-state index contributed by atoms with van der Waals surface area (Å²) in [5.41, 5.74) is 0.765. The lowest BCUT2D eigenvalue weighted by Crippen LogP contribution is -2.27. The fourth-order valence-corrected chi connectivity index (χ4v) is 4.39. The molecule has 0 unspecified atom stereocenters. The lowest BCUT2D eigenvalue weighted by Gasteiger charge is -2.12. The van der Waals surface area contributed by atoms with E-state index in [1.54, 1.807) is 48.7 Å². The number of halogens is 1. The lowest BCUT2D eigenvalue weighted by atomic mass is 10.2. The zero-order chi connectivity index (χ0) is 24.1. The number of carbonyl (C=O) groups is 2. The molecule has 0 bridgehead atoms. The number of nitrogens with zero attached hydrogens (tertiary/aromatic N) is 1. The Morgan fingerprint density at radius 2 is 2.03 bits per heavy atom. The van der Waals surface area contributed by atoms with Crippen molar-refractivity contribution in [1.29, 1.82) is 0 Å². The summed E-state index contributed by atoms with van der Waals surface area (Å²) in [6.07, 6.45) is 3.25. The van der Waals surface area contributed by atoms with Crippen LogP contribution in [0.25, 0.3) is 6.08 Å². The van der Waals surface area contributed by atoms with E-state index in [4.69, 9.17) is 26.1 Å². The fourth-order valence-electron chi connectivity index (χ4n) is 3.13. The number of rotatable bonds is 8. The molecule has 2 amide bonds. The Bertz CT molecular complexity index is 1260. The van der Waals surface area contributed by atoms with Crippen LogP contribution in [0.1, 0.15) is 11.3 Å². The maximum Gasteiger partial charge on any atom is 0.266 e. The van der Waals surface area contributed by atoms with Gasteiger partial charge in [0.05, 0.1) is 30.5 Å². The number of carbonyl (C=O) groups excluding carboxylic acids is 2. The largest absolute Gasteiger partial charge is 0.493 e. The van der Waals surface area contributed by atoms with Crippen molar-refractivity contribution in [2.24, 2.45) is 0 Å². The number of amides is 2. The van der Waals surface area contributed by atoms with Gasteiger partial charge in [-0.25, -0.2) is 4.39 Å². The minimum Gasteiger partial charge on any atom is -0.493 e. The summed E-state index contributed by atoms with van der Waals surface area (Å²) in [7, 11) is 1.47. The highest BCUT2D eigenvalue weighted by Crippen LogP contribution is 2.35. The topological polar surface area (TPSA) is 81.0 Å². The number of para-hydroxylation sites is 1. The van der Waals surface area contributed by atoms with E-state index in [9.17, 15) is 14.0 Å². The third kappa shape index (κ3) is 5.46. The molecule has 0 radical (unpaired) electrons. The third-order valence-corrected chi connectivity index (χ3v) is 6.14. The third-order valence-electron chi connectivity index (χ3n) is 4.76. The molecule has 0 saturated carbocycles. The van der Waals surface area contributed by atoms with Gasteiger partial charge in [0.15, 0.2) is 18.1 Å². The van der Waals surface area contributed by atoms with Crippen LogP contribution in [0.4, 0.5) is 10.1 Å². The van der Waals surface area contributed by atoms with Crippen LogP contribution >= 0.6 is 24.0 Å². The van der Waals surface area contributed by atoms with E-state index in [-0.39, 0.29) is 24.7 Å². The van der Waals surface area contributed by atoms with Gasteiger partial charge in [-0.3, -0.25) is 14.5 Å². The van der Waals surface area contributed by atoms with Crippen LogP contribution in [0.2, 0.25) is 0 Å². The molecule has 0 aliphatic carbocycles. The van der Waals surface area contributed by atoms with Crippen molar-refractivity contribution >= 4 is 51.9 Å². The number of thioether (sulfide) groups is 1. The molecule has 1 saturated heterocycles. The van der Waals surface area contributed by atoms with Gasteiger partial charge in [-0.15, -0.1) is 0 Å². The molecular weight excluding hydrogens is 479 g/mol. The number of nitrogens with one attached hydrogen (secondary N) is 1. The Morgan fingerprint density at radius 1 is 1.21 bits per heavy atom. The molecule has 0 spiro atoms. The predicted molar refractivity (Wildman–Crippen MR) is 131 cm³/mol. The maximum absolute atomic E-state index is 13.7. The first kappa shape index (κ1) is 23.5. The highest BCUT2D eigenvalue weighted by molar-refractivity contribution is 8.26. The molecule has 34 heavy (non-hydrogen) atoms. The van der Waals surface area contributed by atoms with Crippen molar-refractivity contribution < 1.29 is 27.9 Å². The number of benzene rings is 2. The highest BCUT2D eigenvalue weighted by atomic mass is 32.2. The first-order valence-electron chi connectivity index (χ1n) is 10.1. The lowest BCUT2D eigenvalue weighted by molar-refractivity contribution is -0.122. The average molecular weight is 499 g/mol. The monoisotopic (exact) mass is 498 g/mol. The number of ether oxygens (including phenoxy) is 2. The molecule has 2 heterocycles. The van der Waals surface area contributed by atoms with Gasteiger partial charge < -0.3 is 19.2 Å². The van der Waals surface area contributed by atoms with E-state index in [1.165, 1.54) is 42.0 Å². The fraction of sp³-hybridized carbons (Fsp3) is 0.125. The highest BCUT2D eigenvalue weighted by Gasteiger charge is 2.32. The second-order valence-corrected chi connectivity index (χ2v) is 8.75. The molecule has 1 aromatic heterocycles. The molecule has 174 valence electrons. The minimum atomic E-state index is -0.535. The molecule has 3 aromatic rings. The maximum atomic E-state index is 13.7. The Hall–Kier alpha value is -3.63. The van der Waals surface area contributed by atoms with Crippen LogP contribution < -0.4 is 14.8 Å². The number of furan rings is 1. The molecular formula is C24H19FN2O5S2. The summed E-state index contributed by atoms with van der Waals surface area (Å²) in [6.45, 7) is -0.0739. The molecule has 1 N–H and O–H groups in total. The van der Waals surface area contributed by atoms with Crippen LogP contribution in [-0.4, -0.2) is 34.8 Å². The van der Waals surface area contributed by atoms with Gasteiger partial charge in [-0.05, 0) is 48.0 Å². The number of methoxy groups -OCH3 is 1. The normalized spacial score (nSPS) is 14.5. The van der Waals surface area contributed by atoms with Gasteiger partial charge >= 0.3 is 0 Å². The van der Waals surface area contributed by atoms with Gasteiger partial charge in [-0.2, -0.15) is 0 Å². The van der Waals surface area contributed by atoms with Crippen molar-refractivity contribution in [2.75, 3.05) is 19.0 Å². The molecule has 2 aromatic carbocycles. The number of thiocarbonyl (C=S) groups is 1. The van der Waals surface area contributed by atoms with E-state index >= 15 is 0 Å². The SMILES string of the molecule is COc1cc(/C=C2\SC(=S)N(Cc3ccco3)C2=O)ccc1OCC(=O)Nc1ccccc1F. The molecule has 0 atom stereocenters. The second-order valence-electron chi connectivity index (χ2n) is 7.07. The van der Waals surface area contributed by atoms with Gasteiger partial charge in [0, 0.05) is 0 Å². The number of hydrogen-bond donors (Lipinski definition) is 1. The van der Waals surface area contributed by atoms with E-state index < -0.39 is 11.7 Å². The minimum absolute atomic E-state index is 0.0720. The van der Waals surface area contributed by atoms with Gasteiger partial charge in [0.25, 0.3) is 11.8 Å². The van der Waals surface area contributed by atoms with Crippen molar-refractivity contribution in [1.82, 2.24) is 4.90 Å².